The Labute approximate surface area is 201 Å². The van der Waals surface area contributed by atoms with E-state index in [9.17, 15) is 19.7 Å². The molecule has 0 bridgehead atoms. The Morgan fingerprint density at radius 3 is 2.49 bits per heavy atom. The van der Waals surface area contributed by atoms with E-state index in [1.807, 2.05) is 6.92 Å². The van der Waals surface area contributed by atoms with Crippen molar-refractivity contribution < 1.29 is 28.7 Å². The van der Waals surface area contributed by atoms with Crippen LogP contribution in [0, 0.1) is 10.1 Å². The molecule has 3 rings (SSSR count). The normalized spacial score (nSPS) is 10.6. The van der Waals surface area contributed by atoms with Gasteiger partial charge < -0.3 is 14.2 Å². The molecule has 0 saturated carbocycles. The van der Waals surface area contributed by atoms with Crippen molar-refractivity contribution in [2.75, 3.05) is 13.7 Å². The molecule has 0 unspecified atom stereocenters. The summed E-state index contributed by atoms with van der Waals surface area (Å²) in [4.78, 5) is 35.0. The summed E-state index contributed by atoms with van der Waals surface area (Å²) in [6.07, 6.45) is 2.24. The molecule has 0 fully saturated rings. The van der Waals surface area contributed by atoms with Crippen molar-refractivity contribution in [2.24, 2.45) is 5.10 Å². The molecular weight excluding hydrogens is 454 g/mol. The number of carbonyl (C=O) groups is 2. The average Bonchev–Trinajstić information content (AvgIpc) is 2.88. The zero-order valence-corrected chi connectivity index (χ0v) is 19.1. The van der Waals surface area contributed by atoms with Gasteiger partial charge in [-0.25, -0.2) is 10.2 Å². The van der Waals surface area contributed by atoms with E-state index in [1.54, 1.807) is 42.5 Å². The summed E-state index contributed by atoms with van der Waals surface area (Å²) < 4.78 is 16.3. The van der Waals surface area contributed by atoms with Crippen molar-refractivity contribution in [1.29, 1.82) is 0 Å². The van der Waals surface area contributed by atoms with E-state index in [0.717, 1.165) is 12.5 Å². The van der Waals surface area contributed by atoms with Gasteiger partial charge in [-0.2, -0.15) is 5.10 Å². The Bertz CT molecular complexity index is 1240. The summed E-state index contributed by atoms with van der Waals surface area (Å²) in [6.45, 7) is 2.60. The second kappa shape index (κ2) is 11.9. The molecule has 0 saturated heterocycles. The van der Waals surface area contributed by atoms with Gasteiger partial charge in [-0.05, 0) is 60.5 Å². The first-order chi connectivity index (χ1) is 16.9. The Kier molecular flexibility index (Phi) is 8.49. The van der Waals surface area contributed by atoms with Crippen molar-refractivity contribution in [1.82, 2.24) is 5.43 Å². The highest BCUT2D eigenvalue weighted by molar-refractivity contribution is 5.95. The third-order valence-electron chi connectivity index (χ3n) is 4.65. The molecule has 0 radical (unpaired) electrons. The molecular formula is C25H23N3O7. The van der Waals surface area contributed by atoms with Gasteiger partial charge in [0, 0.05) is 17.7 Å². The third-order valence-corrected chi connectivity index (χ3v) is 4.65. The molecule has 35 heavy (non-hydrogen) atoms. The van der Waals surface area contributed by atoms with Gasteiger partial charge in [-0.15, -0.1) is 0 Å². The Hall–Kier alpha value is -4.73. The van der Waals surface area contributed by atoms with E-state index in [1.165, 1.54) is 31.5 Å². The fourth-order valence-electron chi connectivity index (χ4n) is 2.91. The van der Waals surface area contributed by atoms with Gasteiger partial charge in [0.05, 0.1) is 30.4 Å². The molecule has 3 aromatic carbocycles. The summed E-state index contributed by atoms with van der Waals surface area (Å²) in [5.74, 6) is 0.00329. The van der Waals surface area contributed by atoms with Gasteiger partial charge in [-0.3, -0.25) is 14.9 Å². The highest BCUT2D eigenvalue weighted by Gasteiger charge is 2.14. The maximum absolute atomic E-state index is 12.5. The fourth-order valence-corrected chi connectivity index (χ4v) is 2.91. The van der Waals surface area contributed by atoms with Gasteiger partial charge in [0.25, 0.3) is 11.6 Å². The number of methoxy groups -OCH3 is 1. The number of esters is 1. The molecule has 1 amide bonds. The molecule has 10 nitrogen and oxygen atoms in total. The van der Waals surface area contributed by atoms with Crippen molar-refractivity contribution in [2.45, 2.75) is 13.3 Å². The van der Waals surface area contributed by atoms with E-state index in [0.29, 0.717) is 23.5 Å². The molecule has 3 aromatic rings. The number of nitrogens with one attached hydrogen (secondary N) is 1. The van der Waals surface area contributed by atoms with Gasteiger partial charge in [0.1, 0.15) is 5.75 Å². The molecule has 0 aliphatic heterocycles. The van der Waals surface area contributed by atoms with Crippen LogP contribution in [0.25, 0.3) is 0 Å². The molecule has 0 spiro atoms. The van der Waals surface area contributed by atoms with Crippen molar-refractivity contribution in [3.05, 3.63) is 93.5 Å². The number of nitro benzene ring substituents is 1. The second-order valence-electron chi connectivity index (χ2n) is 7.18. The molecule has 0 aliphatic carbocycles. The lowest BCUT2D eigenvalue weighted by Gasteiger charge is -2.10. The van der Waals surface area contributed by atoms with Crippen LogP contribution in [0.5, 0.6) is 17.2 Å². The van der Waals surface area contributed by atoms with Crippen LogP contribution >= 0.6 is 0 Å². The van der Waals surface area contributed by atoms with Crippen molar-refractivity contribution in [3.63, 3.8) is 0 Å². The van der Waals surface area contributed by atoms with Crippen LogP contribution in [0.4, 0.5) is 5.69 Å². The molecule has 0 atom stereocenters. The molecule has 180 valence electrons. The summed E-state index contributed by atoms with van der Waals surface area (Å²) in [5.41, 5.74) is 3.12. The average molecular weight is 477 g/mol. The highest BCUT2D eigenvalue weighted by atomic mass is 16.6. The minimum Gasteiger partial charge on any atom is -0.494 e. The molecule has 10 heteroatoms. The zero-order valence-electron chi connectivity index (χ0n) is 19.1. The lowest BCUT2D eigenvalue weighted by atomic mass is 10.2. The smallest absolute Gasteiger partial charge is 0.343 e. The van der Waals surface area contributed by atoms with Crippen molar-refractivity contribution >= 4 is 23.8 Å². The number of hydrogen-bond donors (Lipinski definition) is 1. The molecule has 0 heterocycles. The third kappa shape index (κ3) is 6.87. The predicted octanol–water partition coefficient (Wildman–Crippen LogP) is 4.38. The first-order valence-corrected chi connectivity index (χ1v) is 10.6. The van der Waals surface area contributed by atoms with E-state index in [2.05, 4.69) is 10.5 Å². The van der Waals surface area contributed by atoms with Crippen LogP contribution in [-0.2, 0) is 0 Å². The second-order valence-corrected chi connectivity index (χ2v) is 7.18. The van der Waals surface area contributed by atoms with Gasteiger partial charge in [0.15, 0.2) is 11.5 Å². The predicted molar refractivity (Wildman–Crippen MR) is 128 cm³/mol. The summed E-state index contributed by atoms with van der Waals surface area (Å²) in [6, 6.07) is 16.7. The SMILES string of the molecule is CCCOc1ccc(C(=O)Oc2ccc(/C=N\NC(=O)c3cccc([N+](=O)[O-])c3)cc2OC)cc1. The largest absolute Gasteiger partial charge is 0.494 e. The number of hydrazone groups is 1. The number of nitrogens with zero attached hydrogens (tertiary/aromatic N) is 2. The Balaban J connectivity index is 1.64. The standard InChI is InChI=1S/C25H23N3O7/c1-3-13-34-21-10-8-18(9-11-21)25(30)35-22-12-7-17(14-23(22)33-2)16-26-27-24(29)19-5-4-6-20(15-19)28(31)32/h4-12,14-16H,3,13H2,1-2H3,(H,27,29)/b26-16-. The summed E-state index contributed by atoms with van der Waals surface area (Å²) in [7, 11) is 1.43. The van der Waals surface area contributed by atoms with Crippen LogP contribution < -0.4 is 19.6 Å². The number of carbonyl (C=O) groups excluding carboxylic acids is 2. The van der Waals surface area contributed by atoms with Crippen LogP contribution in [-0.4, -0.2) is 36.7 Å². The monoisotopic (exact) mass is 477 g/mol. The van der Waals surface area contributed by atoms with E-state index >= 15 is 0 Å². The lowest BCUT2D eigenvalue weighted by molar-refractivity contribution is -0.384. The Morgan fingerprint density at radius 2 is 1.80 bits per heavy atom. The number of rotatable bonds is 10. The van der Waals surface area contributed by atoms with Crippen LogP contribution in [0.15, 0.2) is 71.8 Å². The molecule has 0 aromatic heterocycles. The summed E-state index contributed by atoms with van der Waals surface area (Å²) in [5, 5.41) is 14.7. The lowest BCUT2D eigenvalue weighted by Crippen LogP contribution is -2.17. The first-order valence-electron chi connectivity index (χ1n) is 10.6. The van der Waals surface area contributed by atoms with Gasteiger partial charge in [0.2, 0.25) is 0 Å². The first kappa shape index (κ1) is 24.9. The van der Waals surface area contributed by atoms with Gasteiger partial charge >= 0.3 is 5.97 Å². The quantitative estimate of drug-likeness (QED) is 0.151. The van der Waals surface area contributed by atoms with Crippen molar-refractivity contribution in [3.8, 4) is 17.2 Å². The zero-order chi connectivity index (χ0) is 25.2. The number of nitro groups is 1. The number of amides is 1. The topological polar surface area (TPSA) is 129 Å². The van der Waals surface area contributed by atoms with Crippen LogP contribution in [0.2, 0.25) is 0 Å². The van der Waals surface area contributed by atoms with E-state index in [4.69, 9.17) is 14.2 Å². The summed E-state index contributed by atoms with van der Waals surface area (Å²) >= 11 is 0. The number of hydrogen-bond acceptors (Lipinski definition) is 8. The minimum atomic E-state index is -0.603. The highest BCUT2D eigenvalue weighted by Crippen LogP contribution is 2.28. The Morgan fingerprint density at radius 1 is 1.03 bits per heavy atom. The van der Waals surface area contributed by atoms with Crippen LogP contribution in [0.1, 0.15) is 39.6 Å². The maximum atomic E-state index is 12.5. The van der Waals surface area contributed by atoms with E-state index < -0.39 is 16.8 Å². The maximum Gasteiger partial charge on any atom is 0.343 e. The van der Waals surface area contributed by atoms with Crippen LogP contribution in [0.3, 0.4) is 0 Å². The number of benzene rings is 3. The molecule has 0 aliphatic rings. The van der Waals surface area contributed by atoms with E-state index in [-0.39, 0.29) is 22.7 Å². The number of ether oxygens (including phenoxy) is 3. The fraction of sp³-hybridized carbons (Fsp3) is 0.160. The minimum absolute atomic E-state index is 0.0983. The molecule has 1 N–H and O–H groups in total. The van der Waals surface area contributed by atoms with Gasteiger partial charge in [-0.1, -0.05) is 13.0 Å². The number of non-ortho nitro benzene ring substituents is 1.